The fraction of sp³-hybridized carbons (Fsp3) is 0.333. The summed E-state index contributed by atoms with van der Waals surface area (Å²) in [5.41, 5.74) is 1.05. The van der Waals surface area contributed by atoms with Gasteiger partial charge in [-0.1, -0.05) is 56.3 Å². The van der Waals surface area contributed by atoms with E-state index in [1.54, 1.807) is 0 Å². The van der Waals surface area contributed by atoms with Crippen molar-refractivity contribution in [1.29, 1.82) is 0 Å². The van der Waals surface area contributed by atoms with E-state index >= 15 is 0 Å². The van der Waals surface area contributed by atoms with Gasteiger partial charge in [0.1, 0.15) is 0 Å². The number of aliphatic hydroxyl groups excluding tert-OH is 1. The lowest BCUT2D eigenvalue weighted by Gasteiger charge is -2.15. The Labute approximate surface area is 96.7 Å². The van der Waals surface area contributed by atoms with E-state index < -0.39 is 0 Å². The fourth-order valence-corrected chi connectivity index (χ4v) is 2.11. The third kappa shape index (κ3) is 2.25. The van der Waals surface area contributed by atoms with Gasteiger partial charge in [-0.15, -0.1) is 0 Å². The average Bonchev–Trinajstić information content (AvgIpc) is 2.27. The van der Waals surface area contributed by atoms with Crippen LogP contribution in [0.4, 0.5) is 0 Å². The van der Waals surface area contributed by atoms with Crippen LogP contribution in [-0.4, -0.2) is 5.11 Å². The Balaban J connectivity index is 2.44. The van der Waals surface area contributed by atoms with Gasteiger partial charge in [-0.05, 0) is 28.7 Å². The minimum absolute atomic E-state index is 0.355. The van der Waals surface area contributed by atoms with E-state index in [9.17, 15) is 5.11 Å². The molecular weight excluding hydrogens is 196 g/mol. The third-order valence-corrected chi connectivity index (χ3v) is 2.88. The topological polar surface area (TPSA) is 20.2 Å². The van der Waals surface area contributed by atoms with Gasteiger partial charge in [-0.2, -0.15) is 0 Å². The molecule has 0 saturated heterocycles. The molecule has 0 spiro atoms. The molecule has 1 nitrogen and oxygen atoms in total. The third-order valence-electron chi connectivity index (χ3n) is 2.88. The second kappa shape index (κ2) is 4.67. The number of benzene rings is 2. The van der Waals surface area contributed by atoms with Crippen molar-refractivity contribution in [2.75, 3.05) is 0 Å². The van der Waals surface area contributed by atoms with Gasteiger partial charge in [0.2, 0.25) is 0 Å². The summed E-state index contributed by atoms with van der Waals surface area (Å²) in [6, 6.07) is 14.3. The van der Waals surface area contributed by atoms with Gasteiger partial charge in [0, 0.05) is 0 Å². The standard InChI is InChI=1S/C15H18O/c1-11(2)10-15(16)14-9-5-7-12-6-3-4-8-13(12)14/h3-9,11,15-16H,10H2,1-2H3/t15-/m0/s1. The number of hydrogen-bond acceptors (Lipinski definition) is 1. The van der Waals surface area contributed by atoms with Crippen LogP contribution in [0.1, 0.15) is 31.9 Å². The van der Waals surface area contributed by atoms with Crippen LogP contribution >= 0.6 is 0 Å². The summed E-state index contributed by atoms with van der Waals surface area (Å²) >= 11 is 0. The zero-order chi connectivity index (χ0) is 11.5. The predicted molar refractivity (Wildman–Crippen MR) is 68.4 cm³/mol. The van der Waals surface area contributed by atoms with Crippen LogP contribution in [-0.2, 0) is 0 Å². The van der Waals surface area contributed by atoms with Crippen LogP contribution in [0, 0.1) is 5.92 Å². The molecule has 0 saturated carbocycles. The normalized spacial score (nSPS) is 13.2. The first-order chi connectivity index (χ1) is 7.68. The molecule has 0 fully saturated rings. The highest BCUT2D eigenvalue weighted by Crippen LogP contribution is 2.27. The molecule has 1 N–H and O–H groups in total. The highest BCUT2D eigenvalue weighted by Gasteiger charge is 2.12. The van der Waals surface area contributed by atoms with E-state index in [4.69, 9.17) is 0 Å². The van der Waals surface area contributed by atoms with E-state index in [1.807, 2.05) is 24.3 Å². The Morgan fingerprint density at radius 3 is 2.44 bits per heavy atom. The van der Waals surface area contributed by atoms with Gasteiger partial charge in [-0.3, -0.25) is 0 Å². The van der Waals surface area contributed by atoms with Crippen LogP contribution in [0.3, 0.4) is 0 Å². The zero-order valence-electron chi connectivity index (χ0n) is 9.85. The minimum Gasteiger partial charge on any atom is -0.388 e. The summed E-state index contributed by atoms with van der Waals surface area (Å²) in [6.45, 7) is 4.27. The van der Waals surface area contributed by atoms with Crippen LogP contribution < -0.4 is 0 Å². The van der Waals surface area contributed by atoms with Crippen molar-refractivity contribution in [1.82, 2.24) is 0 Å². The monoisotopic (exact) mass is 214 g/mol. The quantitative estimate of drug-likeness (QED) is 0.821. The van der Waals surface area contributed by atoms with E-state index in [1.165, 1.54) is 5.39 Å². The van der Waals surface area contributed by atoms with Crippen LogP contribution in [0.2, 0.25) is 0 Å². The lowest BCUT2D eigenvalue weighted by molar-refractivity contribution is 0.152. The maximum absolute atomic E-state index is 10.2. The summed E-state index contributed by atoms with van der Waals surface area (Å²) in [7, 11) is 0. The Morgan fingerprint density at radius 2 is 1.69 bits per heavy atom. The zero-order valence-corrected chi connectivity index (χ0v) is 9.85. The highest BCUT2D eigenvalue weighted by atomic mass is 16.3. The van der Waals surface area contributed by atoms with Crippen molar-refractivity contribution in [3.05, 3.63) is 48.0 Å². The van der Waals surface area contributed by atoms with Crippen molar-refractivity contribution in [3.8, 4) is 0 Å². The molecule has 0 bridgehead atoms. The van der Waals surface area contributed by atoms with Gasteiger partial charge in [0.05, 0.1) is 6.10 Å². The first-order valence-electron chi connectivity index (χ1n) is 5.84. The first kappa shape index (κ1) is 11.2. The fourth-order valence-electron chi connectivity index (χ4n) is 2.11. The Hall–Kier alpha value is -1.34. The molecular formula is C15H18O. The molecule has 1 heteroatoms. The lowest BCUT2D eigenvalue weighted by Crippen LogP contribution is -2.02. The van der Waals surface area contributed by atoms with Crippen molar-refractivity contribution < 1.29 is 5.11 Å². The van der Waals surface area contributed by atoms with Crippen molar-refractivity contribution in [3.63, 3.8) is 0 Å². The number of fused-ring (bicyclic) bond motifs is 1. The van der Waals surface area contributed by atoms with Crippen LogP contribution in [0.25, 0.3) is 10.8 Å². The molecule has 0 aliphatic carbocycles. The number of aliphatic hydroxyl groups is 1. The van der Waals surface area contributed by atoms with Gasteiger partial charge < -0.3 is 5.11 Å². The van der Waals surface area contributed by atoms with E-state index in [0.717, 1.165) is 17.4 Å². The second-order valence-electron chi connectivity index (χ2n) is 4.71. The summed E-state index contributed by atoms with van der Waals surface area (Å²) in [5, 5.41) is 12.6. The molecule has 0 aliphatic rings. The Bertz CT molecular complexity index is 468. The van der Waals surface area contributed by atoms with Gasteiger partial charge >= 0.3 is 0 Å². The summed E-state index contributed by atoms with van der Waals surface area (Å²) in [4.78, 5) is 0. The second-order valence-corrected chi connectivity index (χ2v) is 4.71. The van der Waals surface area contributed by atoms with E-state index in [2.05, 4.69) is 32.0 Å². The number of hydrogen-bond donors (Lipinski definition) is 1. The molecule has 2 rings (SSSR count). The summed E-state index contributed by atoms with van der Waals surface area (Å²) < 4.78 is 0. The summed E-state index contributed by atoms with van der Waals surface area (Å²) in [5.74, 6) is 0.508. The largest absolute Gasteiger partial charge is 0.388 e. The minimum atomic E-state index is -0.355. The molecule has 1 atom stereocenters. The molecule has 84 valence electrons. The molecule has 2 aromatic carbocycles. The maximum Gasteiger partial charge on any atom is 0.0798 e. The molecule has 16 heavy (non-hydrogen) atoms. The van der Waals surface area contributed by atoms with Crippen molar-refractivity contribution in [2.45, 2.75) is 26.4 Å². The predicted octanol–water partition coefficient (Wildman–Crippen LogP) is 3.92. The number of rotatable bonds is 3. The van der Waals surface area contributed by atoms with Crippen molar-refractivity contribution in [2.24, 2.45) is 5.92 Å². The molecule has 0 unspecified atom stereocenters. The molecule has 0 radical (unpaired) electrons. The molecule has 0 amide bonds. The van der Waals surface area contributed by atoms with Crippen LogP contribution in [0.5, 0.6) is 0 Å². The van der Waals surface area contributed by atoms with Gasteiger partial charge in [0.25, 0.3) is 0 Å². The van der Waals surface area contributed by atoms with Crippen molar-refractivity contribution >= 4 is 10.8 Å². The lowest BCUT2D eigenvalue weighted by atomic mass is 9.95. The molecule has 0 heterocycles. The molecule has 0 aliphatic heterocycles. The van der Waals surface area contributed by atoms with Crippen LogP contribution in [0.15, 0.2) is 42.5 Å². The molecule has 2 aromatic rings. The molecule has 0 aromatic heterocycles. The average molecular weight is 214 g/mol. The highest BCUT2D eigenvalue weighted by molar-refractivity contribution is 5.85. The smallest absolute Gasteiger partial charge is 0.0798 e. The Morgan fingerprint density at radius 1 is 1.00 bits per heavy atom. The first-order valence-corrected chi connectivity index (χ1v) is 5.84. The Kier molecular flexibility index (Phi) is 3.25. The van der Waals surface area contributed by atoms with Gasteiger partial charge in [-0.25, -0.2) is 0 Å². The summed E-state index contributed by atoms with van der Waals surface area (Å²) in [6.07, 6.45) is 0.458. The SMILES string of the molecule is CC(C)C[C@H](O)c1cccc2ccccc12. The van der Waals surface area contributed by atoms with Gasteiger partial charge in [0.15, 0.2) is 0 Å². The maximum atomic E-state index is 10.2. The van der Waals surface area contributed by atoms with E-state index in [0.29, 0.717) is 5.92 Å². The van der Waals surface area contributed by atoms with E-state index in [-0.39, 0.29) is 6.10 Å².